The van der Waals surface area contributed by atoms with Crippen LogP contribution in [-0.2, 0) is 0 Å². The fourth-order valence-corrected chi connectivity index (χ4v) is 3.29. The highest BCUT2D eigenvalue weighted by Gasteiger charge is 2.22. The molecule has 0 saturated heterocycles. The Morgan fingerprint density at radius 2 is 2.30 bits per heavy atom. The number of hydrogen-bond acceptors (Lipinski definition) is 4. The van der Waals surface area contributed by atoms with Gasteiger partial charge in [0.15, 0.2) is 0 Å². The van der Waals surface area contributed by atoms with E-state index in [0.717, 1.165) is 29.3 Å². The van der Waals surface area contributed by atoms with Crippen LogP contribution in [0.15, 0.2) is 23.6 Å². The Balaban J connectivity index is 1.70. The second kappa shape index (κ2) is 7.32. The fraction of sp³-hybridized carbons (Fsp3) is 0.412. The van der Waals surface area contributed by atoms with E-state index in [4.69, 9.17) is 16.3 Å². The van der Waals surface area contributed by atoms with Crippen LogP contribution in [0.1, 0.15) is 36.7 Å². The summed E-state index contributed by atoms with van der Waals surface area (Å²) in [5.41, 5.74) is 1.27. The smallest absolute Gasteiger partial charge is 0.270 e. The SMILES string of the molecule is CCCOc1ccc(-c2nc(C(=O)NCC3CC3)cs2)c(Cl)c1. The molecule has 1 aliphatic rings. The largest absolute Gasteiger partial charge is 0.494 e. The molecule has 0 atom stereocenters. The predicted octanol–water partition coefficient (Wildman–Crippen LogP) is 4.39. The zero-order valence-corrected chi connectivity index (χ0v) is 14.5. The van der Waals surface area contributed by atoms with E-state index in [1.807, 2.05) is 12.1 Å². The fourth-order valence-electron chi connectivity index (χ4n) is 2.13. The zero-order chi connectivity index (χ0) is 16.2. The first-order chi connectivity index (χ1) is 11.2. The number of amides is 1. The Bertz CT molecular complexity index is 698. The summed E-state index contributed by atoms with van der Waals surface area (Å²) >= 11 is 7.75. The molecule has 122 valence electrons. The van der Waals surface area contributed by atoms with E-state index in [2.05, 4.69) is 17.2 Å². The molecule has 2 aromatic rings. The van der Waals surface area contributed by atoms with E-state index in [-0.39, 0.29) is 5.91 Å². The van der Waals surface area contributed by atoms with Gasteiger partial charge in [-0.25, -0.2) is 4.98 Å². The normalized spacial score (nSPS) is 13.8. The molecule has 4 nitrogen and oxygen atoms in total. The molecule has 0 aliphatic heterocycles. The molecule has 1 N–H and O–H groups in total. The van der Waals surface area contributed by atoms with Crippen molar-refractivity contribution in [3.63, 3.8) is 0 Å². The van der Waals surface area contributed by atoms with Crippen LogP contribution in [-0.4, -0.2) is 24.0 Å². The third-order valence-electron chi connectivity index (χ3n) is 3.63. The number of nitrogens with zero attached hydrogens (tertiary/aromatic N) is 1. The molecule has 1 saturated carbocycles. The van der Waals surface area contributed by atoms with Gasteiger partial charge >= 0.3 is 0 Å². The van der Waals surface area contributed by atoms with Gasteiger partial charge in [0.25, 0.3) is 5.91 Å². The first-order valence-electron chi connectivity index (χ1n) is 7.84. The van der Waals surface area contributed by atoms with Gasteiger partial charge in [-0.15, -0.1) is 11.3 Å². The minimum absolute atomic E-state index is 0.113. The van der Waals surface area contributed by atoms with Crippen LogP contribution in [0.4, 0.5) is 0 Å². The van der Waals surface area contributed by atoms with Gasteiger partial charge in [0.05, 0.1) is 11.6 Å². The van der Waals surface area contributed by atoms with Gasteiger partial charge in [-0.05, 0) is 43.4 Å². The number of rotatable bonds is 7. The number of aromatic nitrogens is 1. The topological polar surface area (TPSA) is 51.2 Å². The van der Waals surface area contributed by atoms with Gasteiger partial charge in [0, 0.05) is 17.5 Å². The molecule has 1 aromatic carbocycles. The third kappa shape index (κ3) is 4.24. The number of nitrogens with one attached hydrogen (secondary N) is 1. The highest BCUT2D eigenvalue weighted by Crippen LogP contribution is 2.33. The first kappa shape index (κ1) is 16.3. The van der Waals surface area contributed by atoms with Crippen LogP contribution in [0, 0.1) is 5.92 Å². The van der Waals surface area contributed by atoms with Crippen molar-refractivity contribution >= 4 is 28.8 Å². The van der Waals surface area contributed by atoms with Gasteiger partial charge in [0.2, 0.25) is 0 Å². The summed E-state index contributed by atoms with van der Waals surface area (Å²) in [4.78, 5) is 16.5. The molecule has 1 aliphatic carbocycles. The average Bonchev–Trinajstić information content (AvgIpc) is 3.25. The summed E-state index contributed by atoms with van der Waals surface area (Å²) in [7, 11) is 0. The van der Waals surface area contributed by atoms with Gasteiger partial charge in [0.1, 0.15) is 16.5 Å². The van der Waals surface area contributed by atoms with Crippen molar-refractivity contribution in [1.82, 2.24) is 10.3 Å². The Hall–Kier alpha value is -1.59. The van der Waals surface area contributed by atoms with Crippen molar-refractivity contribution in [3.8, 4) is 16.3 Å². The lowest BCUT2D eigenvalue weighted by molar-refractivity contribution is 0.0947. The molecule has 0 spiro atoms. The minimum Gasteiger partial charge on any atom is -0.494 e. The summed E-state index contributed by atoms with van der Waals surface area (Å²) in [6.07, 6.45) is 3.38. The molecular weight excluding hydrogens is 332 g/mol. The van der Waals surface area contributed by atoms with Crippen molar-refractivity contribution < 1.29 is 9.53 Å². The van der Waals surface area contributed by atoms with Crippen LogP contribution >= 0.6 is 22.9 Å². The Morgan fingerprint density at radius 3 is 3.00 bits per heavy atom. The number of carbonyl (C=O) groups is 1. The summed E-state index contributed by atoms with van der Waals surface area (Å²) in [6, 6.07) is 5.56. The minimum atomic E-state index is -0.113. The maximum absolute atomic E-state index is 12.1. The molecule has 1 aromatic heterocycles. The summed E-state index contributed by atoms with van der Waals surface area (Å²) in [5, 5.41) is 6.02. The van der Waals surface area contributed by atoms with Crippen molar-refractivity contribution in [1.29, 1.82) is 0 Å². The van der Waals surface area contributed by atoms with Crippen molar-refractivity contribution in [2.75, 3.05) is 13.2 Å². The van der Waals surface area contributed by atoms with Crippen molar-refractivity contribution in [2.24, 2.45) is 5.92 Å². The van der Waals surface area contributed by atoms with E-state index in [1.54, 1.807) is 11.4 Å². The number of ether oxygens (including phenoxy) is 1. The van der Waals surface area contributed by atoms with Crippen LogP contribution in [0.5, 0.6) is 5.75 Å². The zero-order valence-electron chi connectivity index (χ0n) is 13.0. The quantitative estimate of drug-likeness (QED) is 0.805. The second-order valence-corrected chi connectivity index (χ2v) is 6.95. The van der Waals surface area contributed by atoms with Crippen LogP contribution in [0.3, 0.4) is 0 Å². The van der Waals surface area contributed by atoms with E-state index in [0.29, 0.717) is 23.2 Å². The van der Waals surface area contributed by atoms with E-state index >= 15 is 0 Å². The molecule has 1 heterocycles. The number of halogens is 1. The van der Waals surface area contributed by atoms with E-state index in [1.165, 1.54) is 24.2 Å². The number of thiazole rings is 1. The predicted molar refractivity (Wildman–Crippen MR) is 93.4 cm³/mol. The van der Waals surface area contributed by atoms with Crippen molar-refractivity contribution in [2.45, 2.75) is 26.2 Å². The molecule has 3 rings (SSSR count). The molecule has 0 bridgehead atoms. The van der Waals surface area contributed by atoms with Crippen LogP contribution in [0.2, 0.25) is 5.02 Å². The molecule has 0 unspecified atom stereocenters. The lowest BCUT2D eigenvalue weighted by Gasteiger charge is -2.07. The monoisotopic (exact) mass is 350 g/mol. The van der Waals surface area contributed by atoms with Gasteiger partial charge in [-0.1, -0.05) is 18.5 Å². The summed E-state index contributed by atoms with van der Waals surface area (Å²) < 4.78 is 5.56. The summed E-state index contributed by atoms with van der Waals surface area (Å²) in [5.74, 6) is 1.29. The van der Waals surface area contributed by atoms with Crippen molar-refractivity contribution in [3.05, 3.63) is 34.3 Å². The molecule has 1 fully saturated rings. The van der Waals surface area contributed by atoms with Gasteiger partial charge in [-0.2, -0.15) is 0 Å². The number of carbonyl (C=O) groups excluding carboxylic acids is 1. The maximum Gasteiger partial charge on any atom is 0.270 e. The van der Waals surface area contributed by atoms with Crippen LogP contribution in [0.25, 0.3) is 10.6 Å². The maximum atomic E-state index is 12.1. The van der Waals surface area contributed by atoms with Gasteiger partial charge in [-0.3, -0.25) is 4.79 Å². The standard InChI is InChI=1S/C17H19ClN2O2S/c1-2-7-22-12-5-6-13(14(18)8-12)17-20-15(10-23-17)16(21)19-9-11-3-4-11/h5-6,8,10-11H,2-4,7,9H2,1H3,(H,19,21). The molecular formula is C17H19ClN2O2S. The molecule has 1 amide bonds. The Kier molecular flexibility index (Phi) is 5.18. The lowest BCUT2D eigenvalue weighted by Crippen LogP contribution is -2.25. The first-order valence-corrected chi connectivity index (χ1v) is 9.09. The Labute approximate surface area is 144 Å². The van der Waals surface area contributed by atoms with E-state index < -0.39 is 0 Å². The second-order valence-electron chi connectivity index (χ2n) is 5.68. The number of hydrogen-bond donors (Lipinski definition) is 1. The lowest BCUT2D eigenvalue weighted by atomic mass is 10.2. The number of benzene rings is 1. The molecule has 0 radical (unpaired) electrons. The summed E-state index contributed by atoms with van der Waals surface area (Å²) in [6.45, 7) is 3.47. The van der Waals surface area contributed by atoms with E-state index in [9.17, 15) is 4.79 Å². The molecule has 23 heavy (non-hydrogen) atoms. The van der Waals surface area contributed by atoms with Gasteiger partial charge < -0.3 is 10.1 Å². The van der Waals surface area contributed by atoms with Crippen LogP contribution < -0.4 is 10.1 Å². The highest BCUT2D eigenvalue weighted by atomic mass is 35.5. The average molecular weight is 351 g/mol. The molecule has 6 heteroatoms. The highest BCUT2D eigenvalue weighted by molar-refractivity contribution is 7.13. The Morgan fingerprint density at radius 1 is 1.48 bits per heavy atom. The third-order valence-corrected chi connectivity index (χ3v) is 4.82.